The van der Waals surface area contributed by atoms with Gasteiger partial charge in [0.05, 0.1) is 11.3 Å². The first-order chi connectivity index (χ1) is 8.22. The van der Waals surface area contributed by atoms with E-state index in [2.05, 4.69) is 6.07 Å². The van der Waals surface area contributed by atoms with Gasteiger partial charge in [-0.2, -0.15) is 5.26 Å². The average molecular weight is 248 g/mol. The molecule has 1 aliphatic rings. The largest absolute Gasteiger partial charge is 0.480 e. The first-order valence-electron chi connectivity index (χ1n) is 5.31. The minimum Gasteiger partial charge on any atom is -0.480 e. The van der Waals surface area contributed by atoms with Crippen molar-refractivity contribution in [3.05, 3.63) is 29.8 Å². The third-order valence-electron chi connectivity index (χ3n) is 2.71. The van der Waals surface area contributed by atoms with Gasteiger partial charge in [-0.05, 0) is 12.1 Å². The Morgan fingerprint density at radius 3 is 3.00 bits per heavy atom. The second-order valence-electron chi connectivity index (χ2n) is 3.77. The Labute approximate surface area is 104 Å². The summed E-state index contributed by atoms with van der Waals surface area (Å²) >= 11 is 1.46. The molecule has 1 aliphatic heterocycles. The fraction of sp³-hybridized carbons (Fsp3) is 0.333. The molecule has 1 saturated heterocycles. The molecule has 1 N–H and O–H groups in total. The van der Waals surface area contributed by atoms with Gasteiger partial charge >= 0.3 is 5.97 Å². The van der Waals surface area contributed by atoms with E-state index in [1.54, 1.807) is 6.07 Å². The molecule has 88 valence electrons. The van der Waals surface area contributed by atoms with Gasteiger partial charge in [0, 0.05) is 18.8 Å². The van der Waals surface area contributed by atoms with Gasteiger partial charge in [-0.1, -0.05) is 12.1 Å². The Bertz CT molecular complexity index is 470. The zero-order valence-corrected chi connectivity index (χ0v) is 9.98. The monoisotopic (exact) mass is 248 g/mol. The topological polar surface area (TPSA) is 64.3 Å². The first kappa shape index (κ1) is 11.8. The van der Waals surface area contributed by atoms with Crippen LogP contribution >= 0.6 is 11.8 Å². The lowest BCUT2D eigenvalue weighted by Gasteiger charge is -2.32. The predicted octanol–water partition coefficient (Wildman–Crippen LogP) is 1.56. The number of hydrogen-bond acceptors (Lipinski definition) is 4. The van der Waals surface area contributed by atoms with Crippen molar-refractivity contribution in [3.63, 3.8) is 0 Å². The molecule has 0 bridgehead atoms. The number of carboxylic acids is 1. The van der Waals surface area contributed by atoms with E-state index < -0.39 is 11.2 Å². The highest BCUT2D eigenvalue weighted by Crippen LogP contribution is 2.26. The third kappa shape index (κ3) is 2.53. The molecule has 1 atom stereocenters. The molecule has 2 rings (SSSR count). The highest BCUT2D eigenvalue weighted by molar-refractivity contribution is 8.00. The summed E-state index contributed by atoms with van der Waals surface area (Å²) in [6.45, 7) is 1.24. The number of nitrogens with zero attached hydrogens (tertiary/aromatic N) is 2. The van der Waals surface area contributed by atoms with Crippen LogP contribution in [-0.2, 0) is 4.79 Å². The second kappa shape index (κ2) is 5.11. The van der Waals surface area contributed by atoms with Gasteiger partial charge in [-0.15, -0.1) is 11.8 Å². The normalized spacial score (nSPS) is 19.7. The minimum absolute atomic E-state index is 0.407. The maximum atomic E-state index is 11.0. The van der Waals surface area contributed by atoms with Crippen molar-refractivity contribution in [2.75, 3.05) is 23.7 Å². The Balaban J connectivity index is 2.22. The van der Waals surface area contributed by atoms with Gasteiger partial charge in [0.1, 0.15) is 11.3 Å². The molecular formula is C12H12N2O2S. The molecule has 0 radical (unpaired) electrons. The summed E-state index contributed by atoms with van der Waals surface area (Å²) < 4.78 is 0. The van der Waals surface area contributed by atoms with Gasteiger partial charge in [-0.3, -0.25) is 4.79 Å². The summed E-state index contributed by atoms with van der Waals surface area (Å²) in [6, 6.07) is 9.45. The van der Waals surface area contributed by atoms with E-state index in [1.807, 2.05) is 23.1 Å². The lowest BCUT2D eigenvalue weighted by molar-refractivity contribution is -0.136. The minimum atomic E-state index is -0.783. The van der Waals surface area contributed by atoms with Crippen molar-refractivity contribution in [1.29, 1.82) is 5.26 Å². The highest BCUT2D eigenvalue weighted by atomic mass is 32.2. The number of para-hydroxylation sites is 1. The summed E-state index contributed by atoms with van der Waals surface area (Å²) in [5.41, 5.74) is 1.44. The summed E-state index contributed by atoms with van der Waals surface area (Å²) in [5.74, 6) is -0.00867. The Morgan fingerprint density at radius 1 is 1.53 bits per heavy atom. The van der Waals surface area contributed by atoms with Crippen LogP contribution in [0.4, 0.5) is 5.69 Å². The number of aliphatic carboxylic acids is 1. The van der Waals surface area contributed by atoms with Crippen LogP contribution in [-0.4, -0.2) is 35.2 Å². The fourth-order valence-corrected chi connectivity index (χ4v) is 2.90. The number of carbonyl (C=O) groups is 1. The average Bonchev–Trinajstić information content (AvgIpc) is 2.39. The fourth-order valence-electron chi connectivity index (χ4n) is 1.86. The van der Waals surface area contributed by atoms with Crippen LogP contribution in [0.3, 0.4) is 0 Å². The van der Waals surface area contributed by atoms with Crippen molar-refractivity contribution in [2.24, 2.45) is 0 Å². The van der Waals surface area contributed by atoms with Crippen LogP contribution in [0, 0.1) is 11.3 Å². The molecule has 0 amide bonds. The molecule has 1 unspecified atom stereocenters. The molecule has 0 aromatic heterocycles. The first-order valence-corrected chi connectivity index (χ1v) is 6.35. The number of rotatable bonds is 2. The number of anilines is 1. The summed E-state index contributed by atoms with van der Waals surface area (Å²) in [4.78, 5) is 13.0. The van der Waals surface area contributed by atoms with Crippen molar-refractivity contribution in [2.45, 2.75) is 5.25 Å². The van der Waals surface area contributed by atoms with Gasteiger partial charge in [0.25, 0.3) is 0 Å². The van der Waals surface area contributed by atoms with Gasteiger partial charge in [0.2, 0.25) is 0 Å². The van der Waals surface area contributed by atoms with E-state index in [1.165, 1.54) is 11.8 Å². The van der Waals surface area contributed by atoms with Crippen molar-refractivity contribution >= 4 is 23.4 Å². The number of carboxylic acid groups (broad SMARTS) is 1. The molecule has 0 aliphatic carbocycles. The van der Waals surface area contributed by atoms with Crippen molar-refractivity contribution in [1.82, 2.24) is 0 Å². The third-order valence-corrected chi connectivity index (χ3v) is 3.88. The highest BCUT2D eigenvalue weighted by Gasteiger charge is 2.26. The van der Waals surface area contributed by atoms with Crippen LogP contribution in [0.5, 0.6) is 0 Å². The maximum Gasteiger partial charge on any atom is 0.318 e. The van der Waals surface area contributed by atoms with Crippen molar-refractivity contribution in [3.8, 4) is 6.07 Å². The summed E-state index contributed by atoms with van der Waals surface area (Å²) in [7, 11) is 0. The maximum absolute atomic E-state index is 11.0. The van der Waals surface area contributed by atoms with Crippen LogP contribution in [0.25, 0.3) is 0 Å². The van der Waals surface area contributed by atoms with E-state index in [-0.39, 0.29) is 0 Å². The van der Waals surface area contributed by atoms with Gasteiger partial charge in [0.15, 0.2) is 0 Å². The smallest absolute Gasteiger partial charge is 0.318 e. The molecule has 1 heterocycles. The van der Waals surface area contributed by atoms with Crippen LogP contribution in [0.2, 0.25) is 0 Å². The molecule has 1 aromatic rings. The number of thioether (sulfide) groups is 1. The SMILES string of the molecule is N#Cc1ccccc1N1CCSC(C(=O)O)C1. The Hall–Kier alpha value is -1.67. The van der Waals surface area contributed by atoms with Gasteiger partial charge < -0.3 is 10.0 Å². The van der Waals surface area contributed by atoms with Crippen LogP contribution in [0.15, 0.2) is 24.3 Å². The standard InChI is InChI=1S/C12H12N2O2S/c13-7-9-3-1-2-4-10(9)14-5-6-17-11(8-14)12(15)16/h1-4,11H,5-6,8H2,(H,15,16). The van der Waals surface area contributed by atoms with E-state index in [4.69, 9.17) is 10.4 Å². The molecule has 1 fully saturated rings. The van der Waals surface area contributed by atoms with E-state index >= 15 is 0 Å². The molecule has 1 aromatic carbocycles. The molecule has 17 heavy (non-hydrogen) atoms. The number of hydrogen-bond donors (Lipinski definition) is 1. The zero-order valence-electron chi connectivity index (χ0n) is 9.17. The molecular weight excluding hydrogens is 236 g/mol. The molecule has 4 nitrogen and oxygen atoms in total. The molecule has 0 saturated carbocycles. The quantitative estimate of drug-likeness (QED) is 0.860. The zero-order chi connectivity index (χ0) is 12.3. The predicted molar refractivity (Wildman–Crippen MR) is 67.3 cm³/mol. The summed E-state index contributed by atoms with van der Waals surface area (Å²) in [6.07, 6.45) is 0. The van der Waals surface area contributed by atoms with E-state index in [0.717, 1.165) is 18.0 Å². The van der Waals surface area contributed by atoms with Gasteiger partial charge in [-0.25, -0.2) is 0 Å². The van der Waals surface area contributed by atoms with E-state index in [9.17, 15) is 4.79 Å². The lowest BCUT2D eigenvalue weighted by atomic mass is 10.1. The van der Waals surface area contributed by atoms with E-state index in [0.29, 0.717) is 12.1 Å². The van der Waals surface area contributed by atoms with Crippen LogP contribution < -0.4 is 4.90 Å². The summed E-state index contributed by atoms with van der Waals surface area (Å²) in [5, 5.41) is 17.6. The lowest BCUT2D eigenvalue weighted by Crippen LogP contribution is -2.41. The molecule has 5 heteroatoms. The number of benzene rings is 1. The number of nitriles is 1. The Kier molecular flexibility index (Phi) is 3.55. The Morgan fingerprint density at radius 2 is 2.29 bits per heavy atom. The van der Waals surface area contributed by atoms with Crippen molar-refractivity contribution < 1.29 is 9.90 Å². The van der Waals surface area contributed by atoms with Crippen LogP contribution in [0.1, 0.15) is 5.56 Å². The molecule has 0 spiro atoms. The second-order valence-corrected chi connectivity index (χ2v) is 5.08.